The third kappa shape index (κ3) is 2.83. The lowest BCUT2D eigenvalue weighted by molar-refractivity contribution is 0.462. The molecule has 0 spiro atoms. The van der Waals surface area contributed by atoms with E-state index in [1.54, 1.807) is 35.4 Å². The average Bonchev–Trinajstić information content (AvgIpc) is 3.09. The zero-order valence-electron chi connectivity index (χ0n) is 9.95. The van der Waals surface area contributed by atoms with Crippen LogP contribution in [0.3, 0.4) is 0 Å². The summed E-state index contributed by atoms with van der Waals surface area (Å²) in [6, 6.07) is 11.1. The van der Waals surface area contributed by atoms with E-state index in [1.165, 1.54) is 0 Å². The van der Waals surface area contributed by atoms with Gasteiger partial charge in [-0.05, 0) is 24.3 Å². The lowest BCUT2D eigenvalue weighted by Gasteiger charge is -2.01. The summed E-state index contributed by atoms with van der Waals surface area (Å²) >= 11 is 3.14. The highest BCUT2D eigenvalue weighted by Gasteiger charge is 2.08. The van der Waals surface area contributed by atoms with Gasteiger partial charge in [0, 0.05) is 16.0 Å². The number of furan rings is 1. The summed E-state index contributed by atoms with van der Waals surface area (Å²) < 4.78 is 5.32. The van der Waals surface area contributed by atoms with Gasteiger partial charge >= 0.3 is 0 Å². The normalized spacial score (nSPS) is 10.7. The van der Waals surface area contributed by atoms with Crippen LogP contribution in [-0.4, -0.2) is 10.1 Å². The first kappa shape index (κ1) is 12.3. The van der Waals surface area contributed by atoms with Crippen molar-refractivity contribution in [1.82, 2.24) is 4.98 Å². The van der Waals surface area contributed by atoms with E-state index < -0.39 is 0 Å². The molecular formula is C14H11NO2S2. The molecule has 2 heterocycles. The van der Waals surface area contributed by atoms with Crippen LogP contribution in [-0.2, 0) is 5.75 Å². The Labute approximate surface area is 118 Å². The van der Waals surface area contributed by atoms with Crippen LogP contribution < -0.4 is 0 Å². The Balaban J connectivity index is 1.70. The summed E-state index contributed by atoms with van der Waals surface area (Å²) in [4.78, 5) is 5.39. The molecule has 1 aromatic carbocycles. The van der Waals surface area contributed by atoms with Gasteiger partial charge in [-0.25, -0.2) is 4.98 Å². The SMILES string of the molecule is Oc1ccccc1SCc1csc(-c2ccco2)n1. The Morgan fingerprint density at radius 2 is 2.11 bits per heavy atom. The van der Waals surface area contributed by atoms with Crippen molar-refractivity contribution in [2.75, 3.05) is 0 Å². The first-order valence-electron chi connectivity index (χ1n) is 5.72. The van der Waals surface area contributed by atoms with E-state index in [4.69, 9.17) is 4.42 Å². The second-order valence-electron chi connectivity index (χ2n) is 3.88. The maximum atomic E-state index is 9.69. The van der Waals surface area contributed by atoms with Crippen molar-refractivity contribution < 1.29 is 9.52 Å². The van der Waals surface area contributed by atoms with Crippen molar-refractivity contribution in [2.45, 2.75) is 10.6 Å². The summed E-state index contributed by atoms with van der Waals surface area (Å²) in [7, 11) is 0. The zero-order chi connectivity index (χ0) is 13.1. The van der Waals surface area contributed by atoms with E-state index in [0.29, 0.717) is 5.75 Å². The van der Waals surface area contributed by atoms with Crippen molar-refractivity contribution in [1.29, 1.82) is 0 Å². The molecule has 3 nitrogen and oxygen atoms in total. The monoisotopic (exact) mass is 289 g/mol. The Kier molecular flexibility index (Phi) is 3.57. The molecule has 0 atom stereocenters. The molecule has 0 aliphatic carbocycles. The maximum absolute atomic E-state index is 9.69. The summed E-state index contributed by atoms with van der Waals surface area (Å²) in [5.74, 6) is 1.84. The highest BCUT2D eigenvalue weighted by molar-refractivity contribution is 7.98. The van der Waals surface area contributed by atoms with Gasteiger partial charge in [0.15, 0.2) is 10.8 Å². The number of phenolic OH excluding ortho intramolecular Hbond substituents is 1. The van der Waals surface area contributed by atoms with E-state index in [1.807, 2.05) is 35.7 Å². The first-order valence-corrected chi connectivity index (χ1v) is 7.58. The fourth-order valence-electron chi connectivity index (χ4n) is 1.62. The number of phenols is 1. The van der Waals surface area contributed by atoms with Crippen LogP contribution in [0.1, 0.15) is 5.69 Å². The van der Waals surface area contributed by atoms with Gasteiger partial charge in [0.25, 0.3) is 0 Å². The van der Waals surface area contributed by atoms with Gasteiger partial charge in [-0.1, -0.05) is 12.1 Å². The van der Waals surface area contributed by atoms with Crippen molar-refractivity contribution >= 4 is 23.1 Å². The Hall–Kier alpha value is -1.72. The number of thiazole rings is 1. The summed E-state index contributed by atoms with van der Waals surface area (Å²) in [5, 5.41) is 12.6. The van der Waals surface area contributed by atoms with Crippen LogP contribution in [0, 0.1) is 0 Å². The van der Waals surface area contributed by atoms with Crippen molar-refractivity contribution in [3.63, 3.8) is 0 Å². The minimum atomic E-state index is 0.314. The van der Waals surface area contributed by atoms with Crippen LogP contribution in [0.15, 0.2) is 57.4 Å². The third-order valence-electron chi connectivity index (χ3n) is 2.52. The second-order valence-corrected chi connectivity index (χ2v) is 5.75. The second kappa shape index (κ2) is 5.50. The number of para-hydroxylation sites is 1. The predicted molar refractivity (Wildman–Crippen MR) is 77.5 cm³/mol. The van der Waals surface area contributed by atoms with Gasteiger partial charge in [-0.2, -0.15) is 0 Å². The van der Waals surface area contributed by atoms with E-state index in [0.717, 1.165) is 27.1 Å². The molecule has 0 saturated heterocycles. The lowest BCUT2D eigenvalue weighted by Crippen LogP contribution is -1.81. The predicted octanol–water partition coefficient (Wildman–Crippen LogP) is 4.40. The summed E-state index contributed by atoms with van der Waals surface area (Å²) in [6.45, 7) is 0. The zero-order valence-corrected chi connectivity index (χ0v) is 11.6. The molecule has 1 N–H and O–H groups in total. The number of benzene rings is 1. The van der Waals surface area contributed by atoms with Gasteiger partial charge in [0.1, 0.15) is 5.75 Å². The van der Waals surface area contributed by atoms with Crippen LogP contribution in [0.2, 0.25) is 0 Å². The third-order valence-corrected chi connectivity index (χ3v) is 4.53. The van der Waals surface area contributed by atoms with E-state index in [-0.39, 0.29) is 0 Å². The molecule has 0 amide bonds. The molecule has 0 radical (unpaired) electrons. The van der Waals surface area contributed by atoms with Crippen LogP contribution in [0.5, 0.6) is 5.75 Å². The fraction of sp³-hybridized carbons (Fsp3) is 0.0714. The molecule has 0 saturated carbocycles. The minimum Gasteiger partial charge on any atom is -0.507 e. The molecule has 3 aromatic rings. The number of thioether (sulfide) groups is 1. The Bertz CT molecular complexity index is 662. The number of rotatable bonds is 4. The van der Waals surface area contributed by atoms with Crippen LogP contribution in [0.25, 0.3) is 10.8 Å². The average molecular weight is 289 g/mol. The topological polar surface area (TPSA) is 46.3 Å². The van der Waals surface area contributed by atoms with Crippen molar-refractivity contribution in [3.8, 4) is 16.5 Å². The first-order chi connectivity index (χ1) is 9.33. The van der Waals surface area contributed by atoms with Gasteiger partial charge in [0.2, 0.25) is 0 Å². The molecule has 2 aromatic heterocycles. The van der Waals surface area contributed by atoms with E-state index in [2.05, 4.69) is 4.98 Å². The summed E-state index contributed by atoms with van der Waals surface area (Å²) in [5.41, 5.74) is 0.990. The fourth-order valence-corrected chi connectivity index (χ4v) is 3.35. The van der Waals surface area contributed by atoms with E-state index >= 15 is 0 Å². The quantitative estimate of drug-likeness (QED) is 0.723. The van der Waals surface area contributed by atoms with Crippen LogP contribution >= 0.6 is 23.1 Å². The highest BCUT2D eigenvalue weighted by Crippen LogP contribution is 2.32. The van der Waals surface area contributed by atoms with Gasteiger partial charge in [-0.15, -0.1) is 23.1 Å². The summed E-state index contributed by atoms with van der Waals surface area (Å²) in [6.07, 6.45) is 1.65. The minimum absolute atomic E-state index is 0.314. The number of aromatic nitrogens is 1. The Morgan fingerprint density at radius 3 is 2.89 bits per heavy atom. The largest absolute Gasteiger partial charge is 0.507 e. The molecule has 19 heavy (non-hydrogen) atoms. The maximum Gasteiger partial charge on any atom is 0.162 e. The molecule has 3 rings (SSSR count). The number of aromatic hydroxyl groups is 1. The number of hydrogen-bond acceptors (Lipinski definition) is 5. The van der Waals surface area contributed by atoms with Crippen molar-refractivity contribution in [3.05, 3.63) is 53.7 Å². The molecule has 96 valence electrons. The van der Waals surface area contributed by atoms with Crippen molar-refractivity contribution in [2.24, 2.45) is 0 Å². The standard InChI is InChI=1S/C14H11NO2S2/c16-11-4-1-2-6-13(11)18-8-10-9-19-14(15-10)12-5-3-7-17-12/h1-7,9,16H,8H2. The molecular weight excluding hydrogens is 278 g/mol. The number of nitrogens with zero attached hydrogens (tertiary/aromatic N) is 1. The van der Waals surface area contributed by atoms with Crippen LogP contribution in [0.4, 0.5) is 0 Å². The molecule has 0 bridgehead atoms. The van der Waals surface area contributed by atoms with E-state index in [9.17, 15) is 5.11 Å². The van der Waals surface area contributed by atoms with Gasteiger partial charge in [-0.3, -0.25) is 0 Å². The Morgan fingerprint density at radius 1 is 1.21 bits per heavy atom. The highest BCUT2D eigenvalue weighted by atomic mass is 32.2. The molecule has 0 aliphatic heterocycles. The van der Waals surface area contributed by atoms with Gasteiger partial charge in [0.05, 0.1) is 12.0 Å². The molecule has 0 unspecified atom stereocenters. The lowest BCUT2D eigenvalue weighted by atomic mass is 10.3. The molecule has 0 fully saturated rings. The smallest absolute Gasteiger partial charge is 0.162 e. The van der Waals surface area contributed by atoms with Gasteiger partial charge < -0.3 is 9.52 Å². The molecule has 5 heteroatoms. The molecule has 0 aliphatic rings. The number of hydrogen-bond donors (Lipinski definition) is 1.